The monoisotopic (exact) mass is 166 g/mol. The smallest absolute Gasteiger partial charge is 0.0272 e. The van der Waals surface area contributed by atoms with Gasteiger partial charge < -0.3 is 0 Å². The summed E-state index contributed by atoms with van der Waals surface area (Å²) in [6.07, 6.45) is 10.6. The maximum Gasteiger partial charge on any atom is -0.0272 e. The number of hydrogen-bond acceptors (Lipinski definition) is 0. The summed E-state index contributed by atoms with van der Waals surface area (Å²) >= 11 is 0. The molecule has 2 aliphatic carbocycles. The number of rotatable bonds is 0. The molecule has 0 aromatic carbocycles. The molecule has 2 aliphatic rings. The molecule has 0 heterocycles. The van der Waals surface area contributed by atoms with Crippen molar-refractivity contribution in [1.82, 2.24) is 0 Å². The third-order valence-corrected chi connectivity index (χ3v) is 4.77. The van der Waals surface area contributed by atoms with Crippen LogP contribution in [0, 0.1) is 17.3 Å². The van der Waals surface area contributed by atoms with Crippen molar-refractivity contribution in [3.63, 3.8) is 0 Å². The Bertz CT molecular complexity index is 159. The minimum atomic E-state index is 0.733. The van der Waals surface area contributed by atoms with Crippen molar-refractivity contribution in [3.05, 3.63) is 0 Å². The molecular formula is C12H22. The van der Waals surface area contributed by atoms with Crippen LogP contribution in [0.1, 0.15) is 58.8 Å². The third-order valence-electron chi connectivity index (χ3n) is 4.77. The first-order chi connectivity index (χ1) is 5.73. The van der Waals surface area contributed by atoms with Gasteiger partial charge in [-0.1, -0.05) is 39.5 Å². The van der Waals surface area contributed by atoms with Gasteiger partial charge in [0.2, 0.25) is 0 Å². The van der Waals surface area contributed by atoms with Crippen molar-refractivity contribution in [2.45, 2.75) is 58.8 Å². The van der Waals surface area contributed by atoms with Crippen LogP contribution in [-0.2, 0) is 0 Å². The zero-order valence-electron chi connectivity index (χ0n) is 8.60. The molecular weight excluding hydrogens is 144 g/mol. The highest BCUT2D eigenvalue weighted by Crippen LogP contribution is 2.52. The van der Waals surface area contributed by atoms with Crippen LogP contribution >= 0.6 is 0 Å². The minimum absolute atomic E-state index is 0.733. The van der Waals surface area contributed by atoms with E-state index in [2.05, 4.69) is 13.8 Å². The van der Waals surface area contributed by atoms with Crippen molar-refractivity contribution in [1.29, 1.82) is 0 Å². The maximum atomic E-state index is 2.56. The van der Waals surface area contributed by atoms with Gasteiger partial charge in [0, 0.05) is 0 Å². The second-order valence-corrected chi connectivity index (χ2v) is 5.28. The Hall–Kier alpha value is 0. The Morgan fingerprint density at radius 2 is 1.75 bits per heavy atom. The molecule has 0 aromatic rings. The maximum absolute atomic E-state index is 2.56. The molecule has 0 bridgehead atoms. The fourth-order valence-corrected chi connectivity index (χ4v) is 3.55. The molecule has 0 aromatic heterocycles. The predicted octanol–water partition coefficient (Wildman–Crippen LogP) is 4.00. The van der Waals surface area contributed by atoms with Gasteiger partial charge in [-0.3, -0.25) is 0 Å². The Morgan fingerprint density at radius 3 is 2.50 bits per heavy atom. The van der Waals surface area contributed by atoms with E-state index in [1.165, 1.54) is 44.9 Å². The summed E-state index contributed by atoms with van der Waals surface area (Å²) in [4.78, 5) is 0. The zero-order chi connectivity index (χ0) is 8.60. The average molecular weight is 166 g/mol. The minimum Gasteiger partial charge on any atom is -0.0620 e. The SMILES string of the molecule is CC1CCCC2CCCCC12C. The van der Waals surface area contributed by atoms with Gasteiger partial charge in [0.15, 0.2) is 0 Å². The molecule has 0 N–H and O–H groups in total. The fraction of sp³-hybridized carbons (Fsp3) is 1.00. The highest BCUT2D eigenvalue weighted by Gasteiger charge is 2.42. The van der Waals surface area contributed by atoms with E-state index in [4.69, 9.17) is 0 Å². The topological polar surface area (TPSA) is 0 Å². The van der Waals surface area contributed by atoms with E-state index in [9.17, 15) is 0 Å². The molecule has 0 radical (unpaired) electrons. The standard InChI is InChI=1S/C12H22/c1-10-6-5-8-11-7-3-4-9-12(10,11)2/h10-11H,3-9H2,1-2H3. The van der Waals surface area contributed by atoms with Crippen LogP contribution < -0.4 is 0 Å². The Morgan fingerprint density at radius 1 is 1.00 bits per heavy atom. The van der Waals surface area contributed by atoms with Crippen molar-refractivity contribution >= 4 is 0 Å². The highest BCUT2D eigenvalue weighted by atomic mass is 14.5. The van der Waals surface area contributed by atoms with E-state index in [0.717, 1.165) is 17.3 Å². The number of fused-ring (bicyclic) bond motifs is 1. The zero-order valence-corrected chi connectivity index (χ0v) is 8.60. The molecule has 12 heavy (non-hydrogen) atoms. The lowest BCUT2D eigenvalue weighted by Gasteiger charge is -2.49. The van der Waals surface area contributed by atoms with Crippen LogP contribution in [0.3, 0.4) is 0 Å². The quantitative estimate of drug-likeness (QED) is 0.510. The molecule has 2 fully saturated rings. The van der Waals surface area contributed by atoms with Crippen LogP contribution in [0.25, 0.3) is 0 Å². The lowest BCUT2D eigenvalue weighted by molar-refractivity contribution is 0.0108. The van der Waals surface area contributed by atoms with Gasteiger partial charge >= 0.3 is 0 Å². The summed E-state index contributed by atoms with van der Waals surface area (Å²) in [7, 11) is 0. The highest BCUT2D eigenvalue weighted by molar-refractivity contribution is 4.92. The first-order valence-corrected chi connectivity index (χ1v) is 5.73. The Labute approximate surface area is 76.7 Å². The van der Waals surface area contributed by atoms with Gasteiger partial charge in [0.1, 0.15) is 0 Å². The molecule has 0 nitrogen and oxygen atoms in total. The molecule has 0 amide bonds. The summed E-state index contributed by atoms with van der Waals surface area (Å²) in [5.74, 6) is 2.08. The normalized spacial score (nSPS) is 48.5. The predicted molar refractivity (Wildman–Crippen MR) is 53.1 cm³/mol. The summed E-state index contributed by atoms with van der Waals surface area (Å²) in [6.45, 7) is 5.04. The summed E-state index contributed by atoms with van der Waals surface area (Å²) < 4.78 is 0. The van der Waals surface area contributed by atoms with Crippen LogP contribution in [0.2, 0.25) is 0 Å². The second kappa shape index (κ2) is 3.05. The molecule has 0 aliphatic heterocycles. The van der Waals surface area contributed by atoms with E-state index < -0.39 is 0 Å². The third kappa shape index (κ3) is 1.20. The van der Waals surface area contributed by atoms with E-state index in [1.54, 1.807) is 0 Å². The molecule has 0 spiro atoms. The molecule has 2 saturated carbocycles. The first kappa shape index (κ1) is 8.59. The van der Waals surface area contributed by atoms with Gasteiger partial charge in [-0.05, 0) is 36.5 Å². The van der Waals surface area contributed by atoms with Gasteiger partial charge in [0.25, 0.3) is 0 Å². The van der Waals surface area contributed by atoms with E-state index in [0.29, 0.717) is 0 Å². The van der Waals surface area contributed by atoms with Gasteiger partial charge in [-0.25, -0.2) is 0 Å². The Balaban J connectivity index is 2.14. The van der Waals surface area contributed by atoms with E-state index in [1.807, 2.05) is 0 Å². The van der Waals surface area contributed by atoms with E-state index >= 15 is 0 Å². The molecule has 3 unspecified atom stereocenters. The molecule has 0 saturated heterocycles. The van der Waals surface area contributed by atoms with Gasteiger partial charge in [0.05, 0.1) is 0 Å². The summed E-state index contributed by atoms with van der Waals surface area (Å²) in [5.41, 5.74) is 0.733. The first-order valence-electron chi connectivity index (χ1n) is 5.73. The van der Waals surface area contributed by atoms with Crippen LogP contribution in [0.5, 0.6) is 0 Å². The lowest BCUT2D eigenvalue weighted by Crippen LogP contribution is -2.39. The van der Waals surface area contributed by atoms with Crippen molar-refractivity contribution in [3.8, 4) is 0 Å². The van der Waals surface area contributed by atoms with Crippen LogP contribution in [0.4, 0.5) is 0 Å². The molecule has 0 heteroatoms. The summed E-state index contributed by atoms with van der Waals surface area (Å²) in [6, 6.07) is 0. The fourth-order valence-electron chi connectivity index (χ4n) is 3.55. The van der Waals surface area contributed by atoms with Crippen LogP contribution in [-0.4, -0.2) is 0 Å². The largest absolute Gasteiger partial charge is 0.0620 e. The van der Waals surface area contributed by atoms with Crippen molar-refractivity contribution in [2.75, 3.05) is 0 Å². The van der Waals surface area contributed by atoms with Gasteiger partial charge in [-0.2, -0.15) is 0 Å². The number of hydrogen-bond donors (Lipinski definition) is 0. The van der Waals surface area contributed by atoms with Crippen LogP contribution in [0.15, 0.2) is 0 Å². The van der Waals surface area contributed by atoms with E-state index in [-0.39, 0.29) is 0 Å². The van der Waals surface area contributed by atoms with Crippen molar-refractivity contribution < 1.29 is 0 Å². The Kier molecular flexibility index (Phi) is 2.18. The summed E-state index contributed by atoms with van der Waals surface area (Å²) in [5, 5.41) is 0. The average Bonchev–Trinajstić information content (AvgIpc) is 2.07. The molecule has 70 valence electrons. The second-order valence-electron chi connectivity index (χ2n) is 5.28. The molecule has 3 atom stereocenters. The lowest BCUT2D eigenvalue weighted by atomic mass is 9.56. The van der Waals surface area contributed by atoms with Crippen molar-refractivity contribution in [2.24, 2.45) is 17.3 Å². The van der Waals surface area contributed by atoms with Gasteiger partial charge in [-0.15, -0.1) is 0 Å². The molecule has 2 rings (SSSR count).